The number of nitrogens with zero attached hydrogens (tertiary/aromatic N) is 4. The topological polar surface area (TPSA) is 83.6 Å². The lowest BCUT2D eigenvalue weighted by atomic mass is 10.2. The Morgan fingerprint density at radius 3 is 3.07 bits per heavy atom. The van der Waals surface area contributed by atoms with Gasteiger partial charge in [0.2, 0.25) is 0 Å². The van der Waals surface area contributed by atoms with Gasteiger partial charge in [-0.2, -0.15) is 9.94 Å². The van der Waals surface area contributed by atoms with Gasteiger partial charge in [-0.1, -0.05) is 5.21 Å². The van der Waals surface area contributed by atoms with E-state index >= 15 is 0 Å². The van der Waals surface area contributed by atoms with Crippen molar-refractivity contribution in [3.8, 4) is 6.07 Å². The molecule has 0 spiro atoms. The van der Waals surface area contributed by atoms with Gasteiger partial charge in [0.1, 0.15) is 11.0 Å². The summed E-state index contributed by atoms with van der Waals surface area (Å²) < 4.78 is 1.12. The molecule has 0 aliphatic carbocycles. The highest BCUT2D eigenvalue weighted by Crippen LogP contribution is 2.12. The van der Waals surface area contributed by atoms with E-state index in [0.717, 1.165) is 4.68 Å². The molecule has 74 valence electrons. The number of nitriles is 1. The van der Waals surface area contributed by atoms with Crippen LogP contribution in [-0.4, -0.2) is 28.1 Å². The van der Waals surface area contributed by atoms with Crippen molar-refractivity contribution in [2.75, 3.05) is 7.05 Å². The molecule has 0 aliphatic rings. The third-order valence-corrected chi connectivity index (χ3v) is 1.98. The van der Waals surface area contributed by atoms with Gasteiger partial charge in [0.05, 0.1) is 11.6 Å². The van der Waals surface area contributed by atoms with Crippen molar-refractivity contribution >= 4 is 17.1 Å². The van der Waals surface area contributed by atoms with E-state index in [1.807, 2.05) is 6.07 Å². The summed E-state index contributed by atoms with van der Waals surface area (Å²) in [7, 11) is 1.50. The quantitative estimate of drug-likeness (QED) is 0.672. The van der Waals surface area contributed by atoms with E-state index in [-0.39, 0.29) is 6.03 Å². The standard InChI is InChI=1S/C9H7N5O/c1-11-9(15)14-8-4-6(5-10)2-3-7(8)12-13-14/h2-4H,1H3,(H,11,15). The summed E-state index contributed by atoms with van der Waals surface area (Å²) in [5, 5.41) is 18.6. The summed E-state index contributed by atoms with van der Waals surface area (Å²) in [6, 6.07) is 6.47. The molecule has 1 heterocycles. The Morgan fingerprint density at radius 2 is 2.40 bits per heavy atom. The maximum absolute atomic E-state index is 11.4. The van der Waals surface area contributed by atoms with Crippen LogP contribution in [0.15, 0.2) is 18.2 Å². The molecular weight excluding hydrogens is 194 g/mol. The molecule has 2 aromatic rings. The van der Waals surface area contributed by atoms with Crippen LogP contribution in [0.4, 0.5) is 4.79 Å². The fourth-order valence-corrected chi connectivity index (χ4v) is 1.24. The lowest BCUT2D eigenvalue weighted by molar-refractivity contribution is 0.242. The van der Waals surface area contributed by atoms with Gasteiger partial charge in [-0.25, -0.2) is 4.79 Å². The molecule has 0 saturated heterocycles. The number of aromatic nitrogens is 3. The Bertz CT molecular complexity index is 565. The highest BCUT2D eigenvalue weighted by Gasteiger charge is 2.10. The molecule has 2 rings (SSSR count). The van der Waals surface area contributed by atoms with Gasteiger partial charge < -0.3 is 5.32 Å². The lowest BCUT2D eigenvalue weighted by Crippen LogP contribution is -2.25. The molecule has 1 N–H and O–H groups in total. The molecule has 0 atom stereocenters. The third kappa shape index (κ3) is 1.40. The lowest BCUT2D eigenvalue weighted by Gasteiger charge is -1.98. The normalized spacial score (nSPS) is 9.87. The van der Waals surface area contributed by atoms with Crippen LogP contribution in [0.1, 0.15) is 5.56 Å². The Balaban J connectivity index is 2.67. The van der Waals surface area contributed by atoms with E-state index in [4.69, 9.17) is 5.26 Å². The van der Waals surface area contributed by atoms with Crippen LogP contribution in [-0.2, 0) is 0 Å². The minimum Gasteiger partial charge on any atom is -0.339 e. The number of fused-ring (bicyclic) bond motifs is 1. The highest BCUT2D eigenvalue weighted by molar-refractivity contribution is 5.88. The number of carbonyl (C=O) groups is 1. The first-order valence-corrected chi connectivity index (χ1v) is 4.24. The Kier molecular flexibility index (Phi) is 2.06. The smallest absolute Gasteiger partial charge is 0.339 e. The van der Waals surface area contributed by atoms with Crippen molar-refractivity contribution in [2.45, 2.75) is 0 Å². The number of nitrogens with one attached hydrogen (secondary N) is 1. The van der Waals surface area contributed by atoms with E-state index in [9.17, 15) is 4.79 Å². The van der Waals surface area contributed by atoms with Crippen LogP contribution in [0.2, 0.25) is 0 Å². The Hall–Kier alpha value is -2.42. The van der Waals surface area contributed by atoms with Gasteiger partial charge in [-0.15, -0.1) is 5.10 Å². The van der Waals surface area contributed by atoms with Gasteiger partial charge >= 0.3 is 6.03 Å². The maximum Gasteiger partial charge on any atom is 0.343 e. The van der Waals surface area contributed by atoms with Crippen molar-refractivity contribution in [2.24, 2.45) is 0 Å². The van der Waals surface area contributed by atoms with Crippen LogP contribution in [0, 0.1) is 11.3 Å². The summed E-state index contributed by atoms with van der Waals surface area (Å²) in [4.78, 5) is 11.4. The highest BCUT2D eigenvalue weighted by atomic mass is 16.2. The largest absolute Gasteiger partial charge is 0.343 e. The minimum atomic E-state index is -0.382. The minimum absolute atomic E-state index is 0.382. The predicted molar refractivity (Wildman–Crippen MR) is 52.1 cm³/mol. The molecule has 1 amide bonds. The SMILES string of the molecule is CNC(=O)n1nnc2ccc(C#N)cc21. The molecule has 6 nitrogen and oxygen atoms in total. The average molecular weight is 201 g/mol. The van der Waals surface area contributed by atoms with Crippen molar-refractivity contribution in [3.63, 3.8) is 0 Å². The zero-order chi connectivity index (χ0) is 10.8. The second-order valence-electron chi connectivity index (χ2n) is 2.87. The Labute approximate surface area is 85.1 Å². The fraction of sp³-hybridized carbons (Fsp3) is 0.111. The van der Waals surface area contributed by atoms with E-state index in [0.29, 0.717) is 16.6 Å². The van der Waals surface area contributed by atoms with Crippen LogP contribution in [0.5, 0.6) is 0 Å². The number of rotatable bonds is 0. The van der Waals surface area contributed by atoms with Gasteiger partial charge in [0.15, 0.2) is 0 Å². The molecule has 15 heavy (non-hydrogen) atoms. The van der Waals surface area contributed by atoms with Crippen LogP contribution in [0.3, 0.4) is 0 Å². The summed E-state index contributed by atoms with van der Waals surface area (Å²) >= 11 is 0. The first kappa shape index (κ1) is 9.15. The summed E-state index contributed by atoms with van der Waals surface area (Å²) in [6.07, 6.45) is 0. The van der Waals surface area contributed by atoms with Gasteiger partial charge in [-0.3, -0.25) is 0 Å². The molecule has 6 heteroatoms. The van der Waals surface area contributed by atoms with Gasteiger partial charge in [-0.05, 0) is 18.2 Å². The second-order valence-corrected chi connectivity index (χ2v) is 2.87. The maximum atomic E-state index is 11.4. The molecule has 1 aromatic carbocycles. The van der Waals surface area contributed by atoms with Crippen molar-refractivity contribution in [3.05, 3.63) is 23.8 Å². The molecule has 0 fully saturated rings. The third-order valence-electron chi connectivity index (χ3n) is 1.98. The molecule has 0 aliphatic heterocycles. The summed E-state index contributed by atoms with van der Waals surface area (Å²) in [5.41, 5.74) is 1.57. The van der Waals surface area contributed by atoms with Gasteiger partial charge in [0.25, 0.3) is 0 Å². The number of hydrogen-bond acceptors (Lipinski definition) is 4. The zero-order valence-corrected chi connectivity index (χ0v) is 7.93. The van der Waals surface area contributed by atoms with Crippen molar-refractivity contribution in [1.29, 1.82) is 5.26 Å². The summed E-state index contributed by atoms with van der Waals surface area (Å²) in [5.74, 6) is 0. The fourth-order valence-electron chi connectivity index (χ4n) is 1.24. The molecule has 0 radical (unpaired) electrons. The first-order chi connectivity index (χ1) is 7.26. The number of benzene rings is 1. The monoisotopic (exact) mass is 201 g/mol. The molecular formula is C9H7N5O. The predicted octanol–water partition coefficient (Wildman–Crippen LogP) is 0.490. The van der Waals surface area contributed by atoms with E-state index in [1.54, 1.807) is 18.2 Å². The van der Waals surface area contributed by atoms with Crippen molar-refractivity contribution < 1.29 is 4.79 Å². The zero-order valence-electron chi connectivity index (χ0n) is 7.93. The Morgan fingerprint density at radius 1 is 1.60 bits per heavy atom. The first-order valence-electron chi connectivity index (χ1n) is 4.24. The van der Waals surface area contributed by atoms with Crippen LogP contribution in [0.25, 0.3) is 11.0 Å². The number of hydrogen-bond donors (Lipinski definition) is 1. The van der Waals surface area contributed by atoms with E-state index in [2.05, 4.69) is 15.6 Å². The van der Waals surface area contributed by atoms with Gasteiger partial charge in [0, 0.05) is 7.05 Å². The van der Waals surface area contributed by atoms with E-state index in [1.165, 1.54) is 7.05 Å². The average Bonchev–Trinajstić information content (AvgIpc) is 2.70. The summed E-state index contributed by atoms with van der Waals surface area (Å²) in [6.45, 7) is 0. The molecule has 0 saturated carbocycles. The van der Waals surface area contributed by atoms with Crippen LogP contribution >= 0.6 is 0 Å². The van der Waals surface area contributed by atoms with E-state index < -0.39 is 0 Å². The number of carbonyl (C=O) groups excluding carboxylic acids is 1. The molecule has 0 unspecified atom stereocenters. The molecule has 1 aromatic heterocycles. The number of amides is 1. The van der Waals surface area contributed by atoms with Crippen molar-refractivity contribution in [1.82, 2.24) is 20.3 Å². The molecule has 0 bridgehead atoms. The second kappa shape index (κ2) is 3.38. The van der Waals surface area contributed by atoms with Crippen LogP contribution < -0.4 is 5.32 Å².